The Morgan fingerprint density at radius 2 is 1.94 bits per heavy atom. The summed E-state index contributed by atoms with van der Waals surface area (Å²) in [5, 5.41) is 0. The first-order chi connectivity index (χ1) is 8.43. The molecule has 0 aromatic heterocycles. The largest absolute Gasteiger partial charge is 0.496 e. The first-order valence-electron chi connectivity index (χ1n) is 6.82. The molecule has 0 bridgehead atoms. The van der Waals surface area contributed by atoms with Gasteiger partial charge in [-0.25, -0.2) is 0 Å². The monoisotopic (exact) mass is 249 g/mol. The van der Waals surface area contributed by atoms with Crippen molar-refractivity contribution in [3.05, 3.63) is 29.3 Å². The van der Waals surface area contributed by atoms with Crippen LogP contribution in [0, 0.1) is 0 Å². The molecule has 0 saturated carbocycles. The number of nitrogens with two attached hydrogens (primary N) is 1. The average Bonchev–Trinajstić information content (AvgIpc) is 2.34. The maximum atomic E-state index is 5.92. The zero-order valence-corrected chi connectivity index (χ0v) is 12.4. The predicted octanol–water partition coefficient (Wildman–Crippen LogP) is 3.84. The van der Waals surface area contributed by atoms with E-state index in [1.54, 1.807) is 7.11 Å². The Bertz CT molecular complexity index is 379. The van der Waals surface area contributed by atoms with Crippen molar-refractivity contribution in [2.45, 2.75) is 51.9 Å². The highest BCUT2D eigenvalue weighted by molar-refractivity contribution is 5.42. The molecule has 1 rings (SSSR count). The third-order valence-electron chi connectivity index (χ3n) is 3.46. The number of benzene rings is 1. The van der Waals surface area contributed by atoms with Gasteiger partial charge in [0.25, 0.3) is 0 Å². The number of methoxy groups -OCH3 is 1. The Morgan fingerprint density at radius 1 is 1.28 bits per heavy atom. The molecule has 1 atom stereocenters. The minimum Gasteiger partial charge on any atom is -0.496 e. The van der Waals surface area contributed by atoms with Gasteiger partial charge in [0.15, 0.2) is 0 Å². The highest BCUT2D eigenvalue weighted by Crippen LogP contribution is 2.33. The van der Waals surface area contributed by atoms with E-state index in [0.29, 0.717) is 12.5 Å². The van der Waals surface area contributed by atoms with Crippen molar-refractivity contribution in [1.82, 2.24) is 0 Å². The zero-order chi connectivity index (χ0) is 13.8. The third kappa shape index (κ3) is 3.49. The standard InChI is InChI=1S/C16H27NO/c1-6-7-12(11-17)14-10-13(16(2,3)4)8-9-15(14)18-5/h8-10,12H,6-7,11,17H2,1-5H3. The van der Waals surface area contributed by atoms with Gasteiger partial charge in [0.1, 0.15) is 5.75 Å². The quantitative estimate of drug-likeness (QED) is 0.860. The minimum atomic E-state index is 0.159. The van der Waals surface area contributed by atoms with Crippen molar-refractivity contribution >= 4 is 0 Å². The summed E-state index contributed by atoms with van der Waals surface area (Å²) in [6.45, 7) is 9.57. The molecule has 2 N–H and O–H groups in total. The van der Waals surface area contributed by atoms with E-state index in [-0.39, 0.29) is 5.41 Å². The summed E-state index contributed by atoms with van der Waals surface area (Å²) in [7, 11) is 1.73. The van der Waals surface area contributed by atoms with Gasteiger partial charge < -0.3 is 10.5 Å². The van der Waals surface area contributed by atoms with Gasteiger partial charge in [0.2, 0.25) is 0 Å². The van der Waals surface area contributed by atoms with Gasteiger partial charge in [-0.15, -0.1) is 0 Å². The van der Waals surface area contributed by atoms with Crippen molar-refractivity contribution < 1.29 is 4.74 Å². The summed E-state index contributed by atoms with van der Waals surface area (Å²) in [5.41, 5.74) is 8.68. The maximum Gasteiger partial charge on any atom is 0.122 e. The number of ether oxygens (including phenoxy) is 1. The molecule has 1 aromatic carbocycles. The summed E-state index contributed by atoms with van der Waals surface area (Å²) in [5.74, 6) is 1.36. The fourth-order valence-electron chi connectivity index (χ4n) is 2.27. The lowest BCUT2D eigenvalue weighted by Gasteiger charge is -2.24. The smallest absolute Gasteiger partial charge is 0.122 e. The van der Waals surface area contributed by atoms with E-state index in [1.807, 2.05) is 0 Å². The molecule has 1 unspecified atom stereocenters. The lowest BCUT2D eigenvalue weighted by atomic mass is 9.83. The topological polar surface area (TPSA) is 35.2 Å². The van der Waals surface area contributed by atoms with Gasteiger partial charge in [0.05, 0.1) is 7.11 Å². The van der Waals surface area contributed by atoms with Crippen LogP contribution in [0.1, 0.15) is 57.6 Å². The van der Waals surface area contributed by atoms with Crippen molar-refractivity contribution in [3.8, 4) is 5.75 Å². The summed E-state index contributed by atoms with van der Waals surface area (Å²) < 4.78 is 5.49. The molecule has 102 valence electrons. The zero-order valence-electron chi connectivity index (χ0n) is 12.4. The lowest BCUT2D eigenvalue weighted by Crippen LogP contribution is -2.16. The van der Waals surface area contributed by atoms with Crippen LogP contribution >= 0.6 is 0 Å². The van der Waals surface area contributed by atoms with E-state index in [9.17, 15) is 0 Å². The lowest BCUT2D eigenvalue weighted by molar-refractivity contribution is 0.403. The molecular formula is C16H27NO. The molecule has 0 aliphatic carbocycles. The molecule has 1 aromatic rings. The van der Waals surface area contributed by atoms with E-state index >= 15 is 0 Å². The molecule has 0 aliphatic heterocycles. The molecule has 2 heteroatoms. The van der Waals surface area contributed by atoms with Crippen LogP contribution in [0.25, 0.3) is 0 Å². The van der Waals surface area contributed by atoms with Gasteiger partial charge in [0, 0.05) is 0 Å². The summed E-state index contributed by atoms with van der Waals surface area (Å²) >= 11 is 0. The van der Waals surface area contributed by atoms with Crippen LogP contribution in [0.2, 0.25) is 0 Å². The van der Waals surface area contributed by atoms with Gasteiger partial charge in [-0.1, -0.05) is 46.2 Å². The molecular weight excluding hydrogens is 222 g/mol. The van der Waals surface area contributed by atoms with E-state index in [1.165, 1.54) is 11.1 Å². The van der Waals surface area contributed by atoms with Crippen molar-refractivity contribution in [3.63, 3.8) is 0 Å². The summed E-state index contributed by atoms with van der Waals surface area (Å²) in [6.07, 6.45) is 2.26. The minimum absolute atomic E-state index is 0.159. The Labute approximate surface area is 112 Å². The second-order valence-electron chi connectivity index (χ2n) is 5.93. The number of rotatable bonds is 5. The second kappa shape index (κ2) is 6.24. The molecule has 2 nitrogen and oxygen atoms in total. The van der Waals surface area contributed by atoms with Crippen molar-refractivity contribution in [1.29, 1.82) is 0 Å². The molecule has 0 spiro atoms. The SMILES string of the molecule is CCCC(CN)c1cc(C(C)(C)C)ccc1OC. The maximum absolute atomic E-state index is 5.92. The summed E-state index contributed by atoms with van der Waals surface area (Å²) in [6, 6.07) is 6.50. The van der Waals surface area contributed by atoms with Crippen molar-refractivity contribution in [2.75, 3.05) is 13.7 Å². The fraction of sp³-hybridized carbons (Fsp3) is 0.625. The number of hydrogen-bond acceptors (Lipinski definition) is 2. The van der Waals surface area contributed by atoms with E-state index in [0.717, 1.165) is 18.6 Å². The van der Waals surface area contributed by atoms with Crippen LogP contribution < -0.4 is 10.5 Å². The van der Waals surface area contributed by atoms with E-state index in [2.05, 4.69) is 45.9 Å². The third-order valence-corrected chi connectivity index (χ3v) is 3.46. The molecule has 0 aliphatic rings. The van der Waals surface area contributed by atoms with Crippen LogP contribution in [0.15, 0.2) is 18.2 Å². The van der Waals surface area contributed by atoms with Gasteiger partial charge in [-0.3, -0.25) is 0 Å². The first-order valence-corrected chi connectivity index (χ1v) is 6.82. The van der Waals surface area contributed by atoms with Gasteiger partial charge in [-0.2, -0.15) is 0 Å². The highest BCUT2D eigenvalue weighted by atomic mass is 16.5. The Hall–Kier alpha value is -1.02. The van der Waals surface area contributed by atoms with Crippen LogP contribution in [0.3, 0.4) is 0 Å². The van der Waals surface area contributed by atoms with E-state index in [4.69, 9.17) is 10.5 Å². The Morgan fingerprint density at radius 3 is 2.39 bits per heavy atom. The van der Waals surface area contributed by atoms with Crippen LogP contribution in [-0.4, -0.2) is 13.7 Å². The highest BCUT2D eigenvalue weighted by Gasteiger charge is 2.19. The van der Waals surface area contributed by atoms with Crippen LogP contribution in [0.5, 0.6) is 5.75 Å². The van der Waals surface area contributed by atoms with Crippen LogP contribution in [0.4, 0.5) is 0 Å². The number of hydrogen-bond donors (Lipinski definition) is 1. The van der Waals surface area contributed by atoms with Crippen molar-refractivity contribution in [2.24, 2.45) is 5.73 Å². The first kappa shape index (κ1) is 15.0. The Balaban J connectivity index is 3.20. The van der Waals surface area contributed by atoms with E-state index < -0.39 is 0 Å². The van der Waals surface area contributed by atoms with Gasteiger partial charge in [-0.05, 0) is 41.5 Å². The molecule has 18 heavy (non-hydrogen) atoms. The molecule has 0 fully saturated rings. The second-order valence-corrected chi connectivity index (χ2v) is 5.93. The molecule has 0 heterocycles. The molecule has 0 radical (unpaired) electrons. The molecule has 0 saturated heterocycles. The molecule has 0 amide bonds. The average molecular weight is 249 g/mol. The Kier molecular flexibility index (Phi) is 5.21. The van der Waals surface area contributed by atoms with Crippen LogP contribution in [-0.2, 0) is 5.41 Å². The summed E-state index contributed by atoms with van der Waals surface area (Å²) in [4.78, 5) is 0. The predicted molar refractivity (Wildman–Crippen MR) is 78.4 cm³/mol. The fourth-order valence-corrected chi connectivity index (χ4v) is 2.27. The normalized spacial score (nSPS) is 13.4. The van der Waals surface area contributed by atoms with Gasteiger partial charge >= 0.3 is 0 Å².